The summed E-state index contributed by atoms with van der Waals surface area (Å²) in [5, 5.41) is 0.205. The van der Waals surface area contributed by atoms with Gasteiger partial charge in [0.2, 0.25) is 10.0 Å². The third-order valence-corrected chi connectivity index (χ3v) is 6.29. The minimum Gasteiger partial charge on any atom is -0.469 e. The van der Waals surface area contributed by atoms with Crippen LogP contribution in [0.5, 0.6) is 0 Å². The van der Waals surface area contributed by atoms with Gasteiger partial charge in [-0.25, -0.2) is 18.1 Å². The Morgan fingerprint density at radius 1 is 1.55 bits per heavy atom. The molecule has 112 valence electrons. The summed E-state index contributed by atoms with van der Waals surface area (Å²) in [7, 11) is -2.24. The summed E-state index contributed by atoms with van der Waals surface area (Å²) in [4.78, 5) is 16.6. The van der Waals surface area contributed by atoms with Crippen LogP contribution in [0.15, 0.2) is 6.20 Å². The number of rotatable bonds is 5. The van der Waals surface area contributed by atoms with Crippen LogP contribution in [-0.2, 0) is 26.1 Å². The molecule has 1 aliphatic rings. The van der Waals surface area contributed by atoms with E-state index in [-0.39, 0.29) is 6.54 Å². The molecule has 0 amide bonds. The number of carbonyl (C=O) groups excluding carboxylic acids is 1. The van der Waals surface area contributed by atoms with E-state index >= 15 is 0 Å². The Bertz CT molecular complexity index is 582. The predicted octanol–water partition coefficient (Wildman–Crippen LogP) is 1.21. The molecule has 8 heteroatoms. The van der Waals surface area contributed by atoms with Crippen molar-refractivity contribution in [2.45, 2.75) is 38.0 Å². The number of hydrogen-bond acceptors (Lipinski definition) is 6. The molecule has 1 fully saturated rings. The van der Waals surface area contributed by atoms with Gasteiger partial charge in [0.1, 0.15) is 0 Å². The number of methoxy groups -OCH3 is 1. The molecule has 6 nitrogen and oxygen atoms in total. The number of sulfonamides is 1. The van der Waals surface area contributed by atoms with Crippen LogP contribution in [0, 0.1) is 12.8 Å². The summed E-state index contributed by atoms with van der Waals surface area (Å²) in [6.07, 6.45) is 3.45. The summed E-state index contributed by atoms with van der Waals surface area (Å²) in [5.74, 6) is -0.993. The van der Waals surface area contributed by atoms with Crippen LogP contribution in [0.4, 0.5) is 0 Å². The average Bonchev–Trinajstić information content (AvgIpc) is 3.04. The number of nitrogens with zero attached hydrogens (tertiary/aromatic N) is 1. The lowest BCUT2D eigenvalue weighted by molar-refractivity contribution is -0.145. The van der Waals surface area contributed by atoms with E-state index in [1.165, 1.54) is 18.4 Å². The highest BCUT2D eigenvalue weighted by molar-refractivity contribution is 7.90. The van der Waals surface area contributed by atoms with E-state index in [2.05, 4.69) is 14.4 Å². The summed E-state index contributed by atoms with van der Waals surface area (Å²) in [6, 6.07) is 0. The van der Waals surface area contributed by atoms with Crippen molar-refractivity contribution in [1.82, 2.24) is 9.71 Å². The largest absolute Gasteiger partial charge is 0.469 e. The van der Waals surface area contributed by atoms with Gasteiger partial charge in [-0.05, 0) is 19.8 Å². The highest BCUT2D eigenvalue weighted by atomic mass is 32.2. The zero-order valence-corrected chi connectivity index (χ0v) is 13.1. The molecule has 0 radical (unpaired) electrons. The van der Waals surface area contributed by atoms with Gasteiger partial charge in [-0.3, -0.25) is 4.79 Å². The minimum absolute atomic E-state index is 0.220. The van der Waals surface area contributed by atoms with E-state index in [0.717, 1.165) is 16.3 Å². The first-order valence-electron chi connectivity index (χ1n) is 6.41. The van der Waals surface area contributed by atoms with Gasteiger partial charge < -0.3 is 4.74 Å². The van der Waals surface area contributed by atoms with Crippen molar-refractivity contribution in [1.29, 1.82) is 0 Å². The molecule has 0 saturated heterocycles. The maximum atomic E-state index is 12.3. The van der Waals surface area contributed by atoms with Crippen molar-refractivity contribution in [3.63, 3.8) is 0 Å². The van der Waals surface area contributed by atoms with Crippen LogP contribution in [-0.4, -0.2) is 31.7 Å². The van der Waals surface area contributed by atoms with Crippen LogP contribution in [0.3, 0.4) is 0 Å². The van der Waals surface area contributed by atoms with Gasteiger partial charge in [0.05, 0.1) is 23.3 Å². The van der Waals surface area contributed by atoms with Gasteiger partial charge in [-0.15, -0.1) is 11.3 Å². The lowest BCUT2D eigenvalue weighted by Gasteiger charge is -2.18. The Morgan fingerprint density at radius 3 is 2.90 bits per heavy atom. The molecule has 1 saturated carbocycles. The molecule has 0 bridgehead atoms. The van der Waals surface area contributed by atoms with Gasteiger partial charge in [0.15, 0.2) is 0 Å². The fourth-order valence-electron chi connectivity index (χ4n) is 2.48. The molecule has 2 unspecified atom stereocenters. The molecule has 0 aliphatic heterocycles. The average molecular weight is 318 g/mol. The molecule has 2 rings (SSSR count). The van der Waals surface area contributed by atoms with Crippen molar-refractivity contribution >= 4 is 27.3 Å². The second-order valence-electron chi connectivity index (χ2n) is 4.81. The number of hydrogen-bond donors (Lipinski definition) is 1. The maximum absolute atomic E-state index is 12.3. The Balaban J connectivity index is 2.04. The number of esters is 1. The third-order valence-electron chi connectivity index (χ3n) is 3.47. The van der Waals surface area contributed by atoms with Crippen LogP contribution < -0.4 is 4.72 Å². The second kappa shape index (κ2) is 6.19. The quantitative estimate of drug-likeness (QED) is 0.825. The first-order chi connectivity index (χ1) is 9.44. The fraction of sp³-hybridized carbons (Fsp3) is 0.667. The van der Waals surface area contributed by atoms with Gasteiger partial charge in [-0.2, -0.15) is 0 Å². The zero-order valence-electron chi connectivity index (χ0n) is 11.5. The van der Waals surface area contributed by atoms with Crippen molar-refractivity contribution in [2.75, 3.05) is 7.11 Å². The molecule has 1 aromatic rings. The number of carbonyl (C=O) groups is 1. The Hall–Kier alpha value is -0.990. The molecule has 0 aromatic carbocycles. The first-order valence-corrected chi connectivity index (χ1v) is 8.78. The topological polar surface area (TPSA) is 85.4 Å². The highest BCUT2D eigenvalue weighted by Crippen LogP contribution is 2.31. The van der Waals surface area contributed by atoms with Gasteiger partial charge in [-0.1, -0.05) is 6.42 Å². The van der Waals surface area contributed by atoms with E-state index in [1.807, 2.05) is 6.92 Å². The fourth-order valence-corrected chi connectivity index (χ4v) is 5.04. The van der Waals surface area contributed by atoms with E-state index in [0.29, 0.717) is 12.8 Å². The third kappa shape index (κ3) is 3.36. The molecule has 1 aromatic heterocycles. The lowest BCUT2D eigenvalue weighted by atomic mass is 10.1. The SMILES string of the molecule is COC(=O)C1CCCC1S(=O)(=O)NCc1cnc(C)s1. The highest BCUT2D eigenvalue weighted by Gasteiger charge is 2.42. The molecular formula is C12H18N2O4S2. The van der Waals surface area contributed by atoms with Gasteiger partial charge in [0, 0.05) is 17.6 Å². The molecular weight excluding hydrogens is 300 g/mol. The summed E-state index contributed by atoms with van der Waals surface area (Å²) >= 11 is 1.45. The monoisotopic (exact) mass is 318 g/mol. The first kappa shape index (κ1) is 15.4. The number of aromatic nitrogens is 1. The second-order valence-corrected chi connectivity index (χ2v) is 8.11. The summed E-state index contributed by atoms with van der Waals surface area (Å²) in [5.41, 5.74) is 0. The van der Waals surface area contributed by atoms with Crippen LogP contribution in [0.25, 0.3) is 0 Å². The Morgan fingerprint density at radius 2 is 2.30 bits per heavy atom. The van der Waals surface area contributed by atoms with Gasteiger partial charge >= 0.3 is 5.97 Å². The molecule has 20 heavy (non-hydrogen) atoms. The zero-order chi connectivity index (χ0) is 14.8. The smallest absolute Gasteiger partial charge is 0.310 e. The van der Waals surface area contributed by atoms with Crippen molar-refractivity contribution in [3.05, 3.63) is 16.1 Å². The van der Waals surface area contributed by atoms with E-state index in [4.69, 9.17) is 0 Å². The number of ether oxygens (including phenoxy) is 1. The molecule has 2 atom stereocenters. The summed E-state index contributed by atoms with van der Waals surface area (Å²) < 4.78 is 31.9. The molecule has 1 aliphatic carbocycles. The van der Waals surface area contributed by atoms with Crippen molar-refractivity contribution in [2.24, 2.45) is 5.92 Å². The van der Waals surface area contributed by atoms with E-state index < -0.39 is 27.2 Å². The van der Waals surface area contributed by atoms with E-state index in [9.17, 15) is 13.2 Å². The van der Waals surface area contributed by atoms with Crippen LogP contribution in [0.1, 0.15) is 29.1 Å². The Labute approximate surface area is 122 Å². The van der Waals surface area contributed by atoms with Gasteiger partial charge in [0.25, 0.3) is 0 Å². The van der Waals surface area contributed by atoms with E-state index in [1.54, 1.807) is 6.20 Å². The maximum Gasteiger partial charge on any atom is 0.310 e. The lowest BCUT2D eigenvalue weighted by Crippen LogP contribution is -2.39. The number of nitrogens with one attached hydrogen (secondary N) is 1. The summed E-state index contributed by atoms with van der Waals surface area (Å²) in [6.45, 7) is 2.09. The standard InChI is InChI=1S/C12H18N2O4S2/c1-8-13-6-9(19-8)7-14-20(16,17)11-5-3-4-10(11)12(15)18-2/h6,10-11,14H,3-5,7H2,1-2H3. The normalized spacial score (nSPS) is 22.9. The van der Waals surface area contributed by atoms with Crippen LogP contribution >= 0.6 is 11.3 Å². The Kier molecular flexibility index (Phi) is 4.77. The number of thiazole rings is 1. The van der Waals surface area contributed by atoms with Crippen molar-refractivity contribution in [3.8, 4) is 0 Å². The number of aryl methyl sites for hydroxylation is 1. The minimum atomic E-state index is -3.53. The molecule has 1 heterocycles. The van der Waals surface area contributed by atoms with Crippen molar-refractivity contribution < 1.29 is 17.9 Å². The molecule has 1 N–H and O–H groups in total. The molecule has 0 spiro atoms. The predicted molar refractivity (Wildman–Crippen MR) is 75.8 cm³/mol. The van der Waals surface area contributed by atoms with Crippen LogP contribution in [0.2, 0.25) is 0 Å².